The Hall–Kier alpha value is -0.680. The summed E-state index contributed by atoms with van der Waals surface area (Å²) in [5.41, 5.74) is 1.39. The number of Topliss-reactive ketones (excluding diaryl/α,β-unsaturated/α-hetero) is 1. The Labute approximate surface area is 161 Å². The monoisotopic (exact) mass is 460 g/mol. The molecule has 0 radical (unpaired) electrons. The van der Waals surface area contributed by atoms with E-state index in [9.17, 15) is 9.59 Å². The zero-order chi connectivity index (χ0) is 18.1. The summed E-state index contributed by atoms with van der Waals surface area (Å²) in [5.74, 6) is -0.162. The van der Waals surface area contributed by atoms with Crippen LogP contribution in [0.4, 0.5) is 0 Å². The molecule has 1 aromatic rings. The Balaban J connectivity index is 2.73. The van der Waals surface area contributed by atoms with Crippen LogP contribution >= 0.6 is 31.9 Å². The van der Waals surface area contributed by atoms with Crippen molar-refractivity contribution in [3.8, 4) is 5.75 Å². The zero-order valence-electron chi connectivity index (χ0n) is 14.7. The molecule has 0 saturated heterocycles. The SMILES string of the molecule is CCCCCCCC[C@@H](Br)C(=O)c1cc(C)cc(Br)c1OC(C)=O. The molecule has 3 nitrogen and oxygen atoms in total. The van der Waals surface area contributed by atoms with Crippen molar-refractivity contribution in [3.63, 3.8) is 0 Å². The van der Waals surface area contributed by atoms with Crippen LogP contribution in [-0.2, 0) is 4.79 Å². The maximum atomic E-state index is 12.8. The van der Waals surface area contributed by atoms with Gasteiger partial charge in [-0.05, 0) is 47.0 Å². The van der Waals surface area contributed by atoms with E-state index in [0.717, 1.165) is 24.8 Å². The first-order chi connectivity index (χ1) is 11.4. The lowest BCUT2D eigenvalue weighted by atomic mass is 10.0. The largest absolute Gasteiger partial charge is 0.425 e. The average molecular weight is 462 g/mol. The summed E-state index contributed by atoms with van der Waals surface area (Å²) in [6, 6.07) is 3.62. The third-order valence-electron chi connectivity index (χ3n) is 3.79. The lowest BCUT2D eigenvalue weighted by Crippen LogP contribution is -2.17. The van der Waals surface area contributed by atoms with E-state index >= 15 is 0 Å². The molecule has 0 amide bonds. The van der Waals surface area contributed by atoms with E-state index < -0.39 is 5.97 Å². The van der Waals surface area contributed by atoms with Crippen molar-refractivity contribution in [1.82, 2.24) is 0 Å². The number of hydrogen-bond donors (Lipinski definition) is 0. The Kier molecular flexibility index (Phi) is 9.82. The fourth-order valence-corrected chi connectivity index (χ4v) is 3.79. The van der Waals surface area contributed by atoms with Gasteiger partial charge in [0.25, 0.3) is 0 Å². The van der Waals surface area contributed by atoms with E-state index in [0.29, 0.717) is 15.8 Å². The Morgan fingerprint density at radius 3 is 2.38 bits per heavy atom. The van der Waals surface area contributed by atoms with Crippen molar-refractivity contribution in [2.24, 2.45) is 0 Å². The maximum Gasteiger partial charge on any atom is 0.308 e. The van der Waals surface area contributed by atoms with Crippen LogP contribution in [0, 0.1) is 6.92 Å². The molecule has 0 aliphatic heterocycles. The third-order valence-corrected chi connectivity index (χ3v) is 5.26. The molecule has 0 bridgehead atoms. The number of hydrogen-bond acceptors (Lipinski definition) is 3. The van der Waals surface area contributed by atoms with Crippen molar-refractivity contribution >= 4 is 43.6 Å². The normalized spacial score (nSPS) is 12.0. The van der Waals surface area contributed by atoms with Crippen LogP contribution in [0.25, 0.3) is 0 Å². The molecule has 5 heteroatoms. The first kappa shape index (κ1) is 21.4. The second-order valence-corrected chi connectivity index (χ2v) is 8.06. The van der Waals surface area contributed by atoms with Crippen LogP contribution in [0.15, 0.2) is 16.6 Å². The van der Waals surface area contributed by atoms with Gasteiger partial charge in [-0.25, -0.2) is 0 Å². The topological polar surface area (TPSA) is 43.4 Å². The van der Waals surface area contributed by atoms with Gasteiger partial charge in [0.15, 0.2) is 11.5 Å². The minimum absolute atomic E-state index is 0.0378. The number of aryl methyl sites for hydroxylation is 1. The molecule has 1 rings (SSSR count). The van der Waals surface area contributed by atoms with Crippen LogP contribution in [0.2, 0.25) is 0 Å². The molecule has 0 saturated carbocycles. The van der Waals surface area contributed by atoms with E-state index in [1.165, 1.54) is 32.6 Å². The average Bonchev–Trinajstić information content (AvgIpc) is 2.51. The third kappa shape index (κ3) is 7.06. The smallest absolute Gasteiger partial charge is 0.308 e. The lowest BCUT2D eigenvalue weighted by molar-refractivity contribution is -0.131. The number of alkyl halides is 1. The standard InChI is InChI=1S/C19H26Br2O3/c1-4-5-6-7-8-9-10-16(20)18(23)15-11-13(2)12-17(21)19(15)24-14(3)22/h11-12,16H,4-10H2,1-3H3/t16-/m1/s1. The predicted molar refractivity (Wildman–Crippen MR) is 105 cm³/mol. The van der Waals surface area contributed by atoms with Crippen LogP contribution < -0.4 is 4.74 Å². The van der Waals surface area contributed by atoms with Crippen LogP contribution in [0.5, 0.6) is 5.75 Å². The van der Waals surface area contributed by atoms with Crippen LogP contribution in [-0.4, -0.2) is 16.6 Å². The molecular formula is C19H26Br2O3. The summed E-state index contributed by atoms with van der Waals surface area (Å²) in [4.78, 5) is 23.8. The minimum Gasteiger partial charge on any atom is -0.425 e. The second kappa shape index (κ2) is 11.0. The number of unbranched alkanes of at least 4 members (excludes halogenated alkanes) is 5. The van der Waals surface area contributed by atoms with Crippen molar-refractivity contribution < 1.29 is 14.3 Å². The van der Waals surface area contributed by atoms with Crippen molar-refractivity contribution in [2.45, 2.75) is 70.5 Å². The fraction of sp³-hybridized carbons (Fsp3) is 0.579. The molecule has 0 aliphatic rings. The molecule has 0 unspecified atom stereocenters. The van der Waals surface area contributed by atoms with Gasteiger partial charge in [-0.2, -0.15) is 0 Å². The van der Waals surface area contributed by atoms with Gasteiger partial charge < -0.3 is 4.74 Å². The molecule has 134 valence electrons. The van der Waals surface area contributed by atoms with Gasteiger partial charge in [0.05, 0.1) is 14.9 Å². The first-order valence-electron chi connectivity index (χ1n) is 8.53. The van der Waals surface area contributed by atoms with Crippen molar-refractivity contribution in [2.75, 3.05) is 0 Å². The molecule has 1 atom stereocenters. The number of ketones is 1. The van der Waals surface area contributed by atoms with Gasteiger partial charge in [0.2, 0.25) is 0 Å². The molecule has 0 aliphatic carbocycles. The summed E-state index contributed by atoms with van der Waals surface area (Å²) in [5, 5.41) is 0. The van der Waals surface area contributed by atoms with Crippen LogP contribution in [0.3, 0.4) is 0 Å². The summed E-state index contributed by atoms with van der Waals surface area (Å²) >= 11 is 6.89. The first-order valence-corrected chi connectivity index (χ1v) is 10.2. The Morgan fingerprint density at radius 1 is 1.12 bits per heavy atom. The highest BCUT2D eigenvalue weighted by Gasteiger charge is 2.23. The molecular weight excluding hydrogens is 436 g/mol. The quantitative estimate of drug-likeness (QED) is 0.133. The number of carbonyl (C=O) groups is 2. The van der Waals surface area contributed by atoms with Crippen molar-refractivity contribution in [1.29, 1.82) is 0 Å². The molecule has 0 heterocycles. The van der Waals surface area contributed by atoms with E-state index in [1.54, 1.807) is 6.07 Å². The van der Waals surface area contributed by atoms with E-state index in [2.05, 4.69) is 38.8 Å². The highest BCUT2D eigenvalue weighted by molar-refractivity contribution is 9.10. The number of ether oxygens (including phenoxy) is 1. The van der Waals surface area contributed by atoms with Crippen LogP contribution in [0.1, 0.15) is 74.7 Å². The number of carbonyl (C=O) groups excluding carboxylic acids is 2. The lowest BCUT2D eigenvalue weighted by Gasteiger charge is -2.14. The molecule has 1 aromatic carbocycles. The van der Waals surface area contributed by atoms with E-state index in [-0.39, 0.29) is 10.6 Å². The Bertz CT molecular complexity index is 570. The van der Waals surface area contributed by atoms with E-state index in [4.69, 9.17) is 4.74 Å². The van der Waals surface area contributed by atoms with Gasteiger partial charge in [-0.15, -0.1) is 0 Å². The molecule has 0 N–H and O–H groups in total. The highest BCUT2D eigenvalue weighted by Crippen LogP contribution is 2.33. The van der Waals surface area contributed by atoms with Gasteiger partial charge in [0, 0.05) is 6.92 Å². The molecule has 0 spiro atoms. The number of halogens is 2. The molecule has 0 aromatic heterocycles. The summed E-state index contributed by atoms with van der Waals surface area (Å²) < 4.78 is 5.87. The van der Waals surface area contributed by atoms with Gasteiger partial charge in [-0.1, -0.05) is 61.4 Å². The Morgan fingerprint density at radius 2 is 1.75 bits per heavy atom. The van der Waals surface area contributed by atoms with Gasteiger partial charge in [0.1, 0.15) is 0 Å². The highest BCUT2D eigenvalue weighted by atomic mass is 79.9. The molecule has 24 heavy (non-hydrogen) atoms. The molecule has 0 fully saturated rings. The predicted octanol–water partition coefficient (Wildman–Crippen LogP) is 6.38. The van der Waals surface area contributed by atoms with E-state index in [1.807, 2.05) is 13.0 Å². The van der Waals surface area contributed by atoms with Gasteiger partial charge >= 0.3 is 5.97 Å². The summed E-state index contributed by atoms with van der Waals surface area (Å²) in [7, 11) is 0. The minimum atomic E-state index is -0.435. The maximum absolute atomic E-state index is 12.8. The summed E-state index contributed by atoms with van der Waals surface area (Å²) in [6.07, 6.45) is 7.94. The number of esters is 1. The van der Waals surface area contributed by atoms with Crippen molar-refractivity contribution in [3.05, 3.63) is 27.7 Å². The van der Waals surface area contributed by atoms with Gasteiger partial charge in [-0.3, -0.25) is 9.59 Å². The zero-order valence-corrected chi connectivity index (χ0v) is 17.8. The second-order valence-electron chi connectivity index (χ2n) is 6.11. The summed E-state index contributed by atoms with van der Waals surface area (Å²) in [6.45, 7) is 5.45. The fourth-order valence-electron chi connectivity index (χ4n) is 2.56. The number of rotatable bonds is 10. The number of benzene rings is 1.